The molecule has 18 heavy (non-hydrogen) atoms. The maximum Gasteiger partial charge on any atom is 0.120 e. The molecule has 0 aromatic heterocycles. The van der Waals surface area contributed by atoms with Crippen molar-refractivity contribution < 1.29 is 4.74 Å². The summed E-state index contributed by atoms with van der Waals surface area (Å²) in [5.41, 5.74) is 0.690. The van der Waals surface area contributed by atoms with E-state index in [0.717, 1.165) is 29.3 Å². The maximum atomic E-state index is 5.71. The first-order valence-electron chi connectivity index (χ1n) is 6.88. The quantitative estimate of drug-likeness (QED) is 0.777. The van der Waals surface area contributed by atoms with Crippen molar-refractivity contribution in [2.45, 2.75) is 25.7 Å². The van der Waals surface area contributed by atoms with Gasteiger partial charge in [-0.3, -0.25) is 0 Å². The van der Waals surface area contributed by atoms with Crippen LogP contribution in [0.2, 0.25) is 0 Å². The fourth-order valence-electron chi connectivity index (χ4n) is 2.72. The Bertz CT molecular complexity index is 413. The molecule has 1 aromatic rings. The average molecular weight is 310 g/mol. The molecule has 3 heteroatoms. The van der Waals surface area contributed by atoms with E-state index in [2.05, 4.69) is 21.2 Å². The summed E-state index contributed by atoms with van der Waals surface area (Å²) in [7, 11) is 0. The highest BCUT2D eigenvalue weighted by molar-refractivity contribution is 9.10. The summed E-state index contributed by atoms with van der Waals surface area (Å²) in [6.45, 7) is 2.89. The molecule has 0 amide bonds. The topological polar surface area (TPSA) is 21.3 Å². The second-order valence-corrected chi connectivity index (χ2v) is 6.53. The summed E-state index contributed by atoms with van der Waals surface area (Å²) in [6.07, 6.45) is 5.82. The summed E-state index contributed by atoms with van der Waals surface area (Å²) in [6, 6.07) is 8.01. The summed E-state index contributed by atoms with van der Waals surface area (Å²) >= 11 is 3.45. The van der Waals surface area contributed by atoms with Crippen LogP contribution in [0.25, 0.3) is 0 Å². The van der Waals surface area contributed by atoms with Crippen molar-refractivity contribution in [3.05, 3.63) is 28.7 Å². The zero-order valence-corrected chi connectivity index (χ0v) is 12.2. The van der Waals surface area contributed by atoms with Gasteiger partial charge in [-0.05, 0) is 55.2 Å². The van der Waals surface area contributed by atoms with Gasteiger partial charge >= 0.3 is 0 Å². The molecule has 0 bridgehead atoms. The van der Waals surface area contributed by atoms with E-state index in [-0.39, 0.29) is 0 Å². The Morgan fingerprint density at radius 3 is 2.83 bits per heavy atom. The van der Waals surface area contributed by atoms with Gasteiger partial charge in [0.15, 0.2) is 0 Å². The molecule has 1 aromatic carbocycles. The Labute approximate surface area is 117 Å². The zero-order chi connectivity index (χ0) is 12.4. The molecule has 0 atom stereocenters. The first kappa shape index (κ1) is 12.5. The van der Waals surface area contributed by atoms with E-state index in [0.29, 0.717) is 5.41 Å². The standard InChI is InChI=1S/C15H20BrNO/c16-13-2-1-3-14(10-13)18-9-8-17-11-15(6-7-15)12-4-5-12/h1-3,10,12,17H,4-9,11H2. The van der Waals surface area contributed by atoms with E-state index in [1.807, 2.05) is 24.3 Å². The van der Waals surface area contributed by atoms with E-state index in [9.17, 15) is 0 Å². The second-order valence-electron chi connectivity index (χ2n) is 5.62. The van der Waals surface area contributed by atoms with Crippen molar-refractivity contribution in [1.82, 2.24) is 5.32 Å². The highest BCUT2D eigenvalue weighted by Gasteiger charge is 2.53. The SMILES string of the molecule is Brc1cccc(OCCNCC2(C3CC3)CC2)c1. The number of benzene rings is 1. The summed E-state index contributed by atoms with van der Waals surface area (Å²) in [5.74, 6) is 1.98. The maximum absolute atomic E-state index is 5.71. The van der Waals surface area contributed by atoms with Crippen molar-refractivity contribution in [2.75, 3.05) is 19.7 Å². The van der Waals surface area contributed by atoms with Crippen LogP contribution in [0, 0.1) is 11.3 Å². The third kappa shape index (κ3) is 3.07. The highest BCUT2D eigenvalue weighted by Crippen LogP contribution is 2.60. The summed E-state index contributed by atoms with van der Waals surface area (Å²) in [4.78, 5) is 0. The lowest BCUT2D eigenvalue weighted by atomic mass is 10.0. The minimum Gasteiger partial charge on any atom is -0.492 e. The van der Waals surface area contributed by atoms with Gasteiger partial charge in [-0.1, -0.05) is 22.0 Å². The largest absolute Gasteiger partial charge is 0.492 e. The van der Waals surface area contributed by atoms with E-state index >= 15 is 0 Å². The van der Waals surface area contributed by atoms with Gasteiger partial charge < -0.3 is 10.1 Å². The van der Waals surface area contributed by atoms with Gasteiger partial charge in [0.2, 0.25) is 0 Å². The van der Waals surface area contributed by atoms with Crippen LogP contribution in [-0.4, -0.2) is 19.7 Å². The van der Waals surface area contributed by atoms with Gasteiger partial charge in [0.25, 0.3) is 0 Å². The first-order valence-corrected chi connectivity index (χ1v) is 7.67. The van der Waals surface area contributed by atoms with Crippen LogP contribution in [0.15, 0.2) is 28.7 Å². The van der Waals surface area contributed by atoms with Gasteiger partial charge in [0.05, 0.1) is 0 Å². The predicted octanol–water partition coefficient (Wildman–Crippen LogP) is 3.61. The first-order chi connectivity index (χ1) is 8.78. The molecule has 0 unspecified atom stereocenters. The Kier molecular flexibility index (Phi) is 3.62. The van der Waals surface area contributed by atoms with Gasteiger partial charge in [-0.15, -0.1) is 0 Å². The molecule has 0 spiro atoms. The Balaban J connectivity index is 1.33. The normalized spacial score (nSPS) is 20.7. The van der Waals surface area contributed by atoms with Crippen molar-refractivity contribution in [2.24, 2.45) is 11.3 Å². The third-order valence-corrected chi connectivity index (χ3v) is 4.65. The summed E-state index contributed by atoms with van der Waals surface area (Å²) in [5, 5.41) is 3.56. The second kappa shape index (κ2) is 5.22. The number of rotatable bonds is 7. The van der Waals surface area contributed by atoms with E-state index in [1.165, 1.54) is 32.2 Å². The average Bonchev–Trinajstić information content (AvgIpc) is 3.22. The van der Waals surface area contributed by atoms with Gasteiger partial charge in [-0.2, -0.15) is 0 Å². The molecule has 98 valence electrons. The fraction of sp³-hybridized carbons (Fsp3) is 0.600. The van der Waals surface area contributed by atoms with Crippen molar-refractivity contribution in [3.8, 4) is 5.75 Å². The lowest BCUT2D eigenvalue weighted by Crippen LogP contribution is -2.29. The number of hydrogen-bond donors (Lipinski definition) is 1. The van der Waals surface area contributed by atoms with Gasteiger partial charge in [0.1, 0.15) is 12.4 Å². The smallest absolute Gasteiger partial charge is 0.120 e. The molecule has 0 saturated heterocycles. The monoisotopic (exact) mass is 309 g/mol. The van der Waals surface area contributed by atoms with Crippen LogP contribution in [-0.2, 0) is 0 Å². The molecule has 1 N–H and O–H groups in total. The summed E-state index contributed by atoms with van der Waals surface area (Å²) < 4.78 is 6.77. The Morgan fingerprint density at radius 1 is 1.33 bits per heavy atom. The van der Waals surface area contributed by atoms with Crippen LogP contribution >= 0.6 is 15.9 Å². The van der Waals surface area contributed by atoms with E-state index in [1.54, 1.807) is 0 Å². The van der Waals surface area contributed by atoms with Crippen molar-refractivity contribution in [3.63, 3.8) is 0 Å². The number of nitrogens with one attached hydrogen (secondary N) is 1. The molecule has 2 fully saturated rings. The Morgan fingerprint density at radius 2 is 2.17 bits per heavy atom. The van der Waals surface area contributed by atoms with Crippen molar-refractivity contribution >= 4 is 15.9 Å². The third-order valence-electron chi connectivity index (χ3n) is 4.16. The Hall–Kier alpha value is -0.540. The lowest BCUT2D eigenvalue weighted by molar-refractivity contribution is 0.301. The highest BCUT2D eigenvalue weighted by atomic mass is 79.9. The molecule has 2 saturated carbocycles. The van der Waals surface area contributed by atoms with Crippen molar-refractivity contribution in [1.29, 1.82) is 0 Å². The molecular weight excluding hydrogens is 290 g/mol. The van der Waals surface area contributed by atoms with Crippen LogP contribution in [0.1, 0.15) is 25.7 Å². The van der Waals surface area contributed by atoms with E-state index < -0.39 is 0 Å². The molecule has 3 rings (SSSR count). The molecule has 2 aliphatic rings. The van der Waals surface area contributed by atoms with Crippen LogP contribution in [0.5, 0.6) is 5.75 Å². The van der Waals surface area contributed by atoms with Crippen LogP contribution < -0.4 is 10.1 Å². The van der Waals surface area contributed by atoms with Crippen LogP contribution in [0.4, 0.5) is 0 Å². The zero-order valence-electron chi connectivity index (χ0n) is 10.6. The molecule has 0 radical (unpaired) electrons. The molecule has 2 nitrogen and oxygen atoms in total. The lowest BCUT2D eigenvalue weighted by Gasteiger charge is -2.15. The number of halogens is 1. The fourth-order valence-corrected chi connectivity index (χ4v) is 3.10. The molecule has 2 aliphatic carbocycles. The number of ether oxygens (including phenoxy) is 1. The predicted molar refractivity (Wildman–Crippen MR) is 76.9 cm³/mol. The van der Waals surface area contributed by atoms with E-state index in [4.69, 9.17) is 4.74 Å². The molecular formula is C15H20BrNO. The van der Waals surface area contributed by atoms with Crippen LogP contribution in [0.3, 0.4) is 0 Å². The molecule has 0 heterocycles. The van der Waals surface area contributed by atoms with Gasteiger partial charge in [0, 0.05) is 17.6 Å². The number of hydrogen-bond acceptors (Lipinski definition) is 2. The minimum atomic E-state index is 0.690. The molecule has 0 aliphatic heterocycles. The van der Waals surface area contributed by atoms with Gasteiger partial charge in [-0.25, -0.2) is 0 Å². The minimum absolute atomic E-state index is 0.690.